The first-order chi connectivity index (χ1) is 14.9. The van der Waals surface area contributed by atoms with Crippen molar-refractivity contribution in [1.82, 2.24) is 9.97 Å². The second-order valence-electron chi connectivity index (χ2n) is 8.44. The normalized spacial score (nSPS) is 12.3. The molecule has 4 aromatic rings. The molecule has 0 saturated carbocycles. The molecule has 2 heterocycles. The van der Waals surface area contributed by atoms with Gasteiger partial charge in [0.15, 0.2) is 0 Å². The standard InChI is InChI=1S/C28H29FN2/c1-6-27-25(15-21-8-11-23(29)12-9-21)19(4)26-16-22(10-14-28(26)31-27)18(3)24-13-7-17(2)30-20(24)5/h7-14,16,18H,6,15H2,1-5H3. The van der Waals surface area contributed by atoms with E-state index < -0.39 is 0 Å². The number of pyridine rings is 2. The zero-order chi connectivity index (χ0) is 22.1. The van der Waals surface area contributed by atoms with Gasteiger partial charge in [-0.25, -0.2) is 4.39 Å². The highest BCUT2D eigenvalue weighted by Crippen LogP contribution is 2.31. The Morgan fingerprint density at radius 3 is 2.32 bits per heavy atom. The average Bonchev–Trinajstić information content (AvgIpc) is 2.76. The predicted octanol–water partition coefficient (Wildman–Crippen LogP) is 7.00. The Morgan fingerprint density at radius 2 is 1.65 bits per heavy atom. The first-order valence-electron chi connectivity index (χ1n) is 11.0. The number of aryl methyl sites for hydroxylation is 4. The molecule has 0 saturated heterocycles. The fraction of sp³-hybridized carbons (Fsp3) is 0.286. The van der Waals surface area contributed by atoms with E-state index in [1.807, 2.05) is 19.1 Å². The molecule has 0 aliphatic carbocycles. The molecule has 1 atom stereocenters. The summed E-state index contributed by atoms with van der Waals surface area (Å²) in [6, 6.07) is 17.7. The molecule has 0 aliphatic heterocycles. The molecule has 0 N–H and O–H groups in total. The van der Waals surface area contributed by atoms with Crippen LogP contribution < -0.4 is 0 Å². The third-order valence-corrected chi connectivity index (χ3v) is 6.34. The fourth-order valence-corrected chi connectivity index (χ4v) is 4.48. The average molecular weight is 413 g/mol. The van der Waals surface area contributed by atoms with Gasteiger partial charge in [-0.05, 0) is 91.8 Å². The van der Waals surface area contributed by atoms with Crippen LogP contribution in [0.1, 0.15) is 64.7 Å². The summed E-state index contributed by atoms with van der Waals surface area (Å²) in [7, 11) is 0. The molecule has 0 amide bonds. The number of fused-ring (bicyclic) bond motifs is 1. The van der Waals surface area contributed by atoms with Crippen LogP contribution in [0.3, 0.4) is 0 Å². The van der Waals surface area contributed by atoms with Gasteiger partial charge in [-0.3, -0.25) is 9.97 Å². The highest BCUT2D eigenvalue weighted by Gasteiger charge is 2.16. The second-order valence-corrected chi connectivity index (χ2v) is 8.44. The Balaban J connectivity index is 1.79. The van der Waals surface area contributed by atoms with E-state index in [1.165, 1.54) is 39.8 Å². The van der Waals surface area contributed by atoms with Crippen molar-refractivity contribution in [2.45, 2.75) is 53.4 Å². The number of hydrogen-bond acceptors (Lipinski definition) is 2. The van der Waals surface area contributed by atoms with Gasteiger partial charge in [-0.1, -0.05) is 38.1 Å². The molecule has 2 nitrogen and oxygen atoms in total. The van der Waals surface area contributed by atoms with E-state index >= 15 is 0 Å². The highest BCUT2D eigenvalue weighted by molar-refractivity contribution is 5.84. The number of benzene rings is 2. The summed E-state index contributed by atoms with van der Waals surface area (Å²) in [5.41, 5.74) is 10.4. The lowest BCUT2D eigenvalue weighted by Gasteiger charge is -2.18. The van der Waals surface area contributed by atoms with Crippen LogP contribution in [-0.2, 0) is 12.8 Å². The van der Waals surface area contributed by atoms with Gasteiger partial charge in [0.05, 0.1) is 5.52 Å². The number of hydrogen-bond donors (Lipinski definition) is 0. The van der Waals surface area contributed by atoms with E-state index in [4.69, 9.17) is 4.98 Å². The molecule has 0 fully saturated rings. The smallest absolute Gasteiger partial charge is 0.123 e. The maximum Gasteiger partial charge on any atom is 0.123 e. The molecule has 2 aromatic heterocycles. The Labute approximate surface area is 184 Å². The Kier molecular flexibility index (Phi) is 5.86. The van der Waals surface area contributed by atoms with Gasteiger partial charge in [0.1, 0.15) is 5.82 Å². The van der Waals surface area contributed by atoms with Crippen molar-refractivity contribution in [2.75, 3.05) is 0 Å². The van der Waals surface area contributed by atoms with Crippen LogP contribution in [0.15, 0.2) is 54.6 Å². The van der Waals surface area contributed by atoms with Crippen LogP contribution in [0.25, 0.3) is 10.9 Å². The molecule has 3 heteroatoms. The summed E-state index contributed by atoms with van der Waals surface area (Å²) in [4.78, 5) is 9.63. The van der Waals surface area contributed by atoms with Gasteiger partial charge in [-0.2, -0.15) is 0 Å². The van der Waals surface area contributed by atoms with Gasteiger partial charge < -0.3 is 0 Å². The summed E-state index contributed by atoms with van der Waals surface area (Å²) < 4.78 is 13.4. The van der Waals surface area contributed by atoms with E-state index in [9.17, 15) is 4.39 Å². The minimum Gasteiger partial charge on any atom is -0.258 e. The van der Waals surface area contributed by atoms with Gasteiger partial charge in [0.25, 0.3) is 0 Å². The van der Waals surface area contributed by atoms with E-state index in [0.717, 1.165) is 41.0 Å². The minimum atomic E-state index is -0.202. The maximum absolute atomic E-state index is 13.4. The highest BCUT2D eigenvalue weighted by atomic mass is 19.1. The Bertz CT molecular complexity index is 1240. The summed E-state index contributed by atoms with van der Waals surface area (Å²) in [5.74, 6) is 0.0515. The van der Waals surface area contributed by atoms with Crippen molar-refractivity contribution in [3.05, 3.63) is 105 Å². The Hall–Kier alpha value is -3.07. The van der Waals surface area contributed by atoms with Gasteiger partial charge in [0, 0.05) is 28.4 Å². The van der Waals surface area contributed by atoms with E-state index in [1.54, 1.807) is 0 Å². The van der Waals surface area contributed by atoms with Crippen molar-refractivity contribution in [2.24, 2.45) is 0 Å². The minimum absolute atomic E-state index is 0.202. The molecule has 0 spiro atoms. The molecule has 1 unspecified atom stereocenters. The lowest BCUT2D eigenvalue weighted by molar-refractivity contribution is 0.627. The van der Waals surface area contributed by atoms with Crippen LogP contribution in [0.4, 0.5) is 4.39 Å². The molecule has 4 rings (SSSR count). The van der Waals surface area contributed by atoms with Crippen LogP contribution >= 0.6 is 0 Å². The van der Waals surface area contributed by atoms with Crippen LogP contribution in [0.2, 0.25) is 0 Å². The molecule has 0 radical (unpaired) electrons. The van der Waals surface area contributed by atoms with Crippen LogP contribution in [-0.4, -0.2) is 9.97 Å². The lowest BCUT2D eigenvalue weighted by atomic mass is 9.89. The van der Waals surface area contributed by atoms with Crippen molar-refractivity contribution >= 4 is 10.9 Å². The molecule has 31 heavy (non-hydrogen) atoms. The summed E-state index contributed by atoms with van der Waals surface area (Å²) in [6.07, 6.45) is 1.64. The number of aromatic nitrogens is 2. The van der Waals surface area contributed by atoms with Gasteiger partial charge in [0.2, 0.25) is 0 Å². The zero-order valence-electron chi connectivity index (χ0n) is 19.0. The van der Waals surface area contributed by atoms with E-state index in [0.29, 0.717) is 0 Å². The first kappa shape index (κ1) is 21.2. The quantitative estimate of drug-likeness (QED) is 0.353. The summed E-state index contributed by atoms with van der Waals surface area (Å²) in [6.45, 7) is 10.7. The van der Waals surface area contributed by atoms with Gasteiger partial charge >= 0.3 is 0 Å². The fourth-order valence-electron chi connectivity index (χ4n) is 4.48. The molecular weight excluding hydrogens is 383 g/mol. The van der Waals surface area contributed by atoms with E-state index in [-0.39, 0.29) is 11.7 Å². The Morgan fingerprint density at radius 1 is 0.903 bits per heavy atom. The summed E-state index contributed by atoms with van der Waals surface area (Å²) >= 11 is 0. The summed E-state index contributed by atoms with van der Waals surface area (Å²) in [5, 5.41) is 1.19. The lowest BCUT2D eigenvalue weighted by Crippen LogP contribution is -2.05. The maximum atomic E-state index is 13.4. The topological polar surface area (TPSA) is 25.8 Å². The van der Waals surface area contributed by atoms with Crippen molar-refractivity contribution in [3.63, 3.8) is 0 Å². The predicted molar refractivity (Wildman–Crippen MR) is 126 cm³/mol. The van der Waals surface area contributed by atoms with Crippen LogP contribution in [0, 0.1) is 26.6 Å². The SMILES string of the molecule is CCc1nc2ccc(C(C)c3ccc(C)nc3C)cc2c(C)c1Cc1ccc(F)cc1. The van der Waals surface area contributed by atoms with Crippen molar-refractivity contribution in [1.29, 1.82) is 0 Å². The molecule has 2 aromatic carbocycles. The van der Waals surface area contributed by atoms with Crippen molar-refractivity contribution in [3.8, 4) is 0 Å². The largest absolute Gasteiger partial charge is 0.258 e. The van der Waals surface area contributed by atoms with E-state index in [2.05, 4.69) is 63.0 Å². The number of halogens is 1. The zero-order valence-corrected chi connectivity index (χ0v) is 19.0. The molecule has 0 aliphatic rings. The van der Waals surface area contributed by atoms with Crippen molar-refractivity contribution < 1.29 is 4.39 Å². The number of rotatable bonds is 5. The molecule has 0 bridgehead atoms. The van der Waals surface area contributed by atoms with Crippen LogP contribution in [0.5, 0.6) is 0 Å². The second kappa shape index (κ2) is 8.58. The van der Waals surface area contributed by atoms with Gasteiger partial charge in [-0.15, -0.1) is 0 Å². The number of nitrogens with zero attached hydrogens (tertiary/aromatic N) is 2. The molecule has 158 valence electrons. The first-order valence-corrected chi connectivity index (χ1v) is 11.0. The third kappa shape index (κ3) is 4.23. The third-order valence-electron chi connectivity index (χ3n) is 6.34. The molecular formula is C28H29FN2. The monoisotopic (exact) mass is 412 g/mol.